The van der Waals surface area contributed by atoms with Crippen LogP contribution in [0.1, 0.15) is 35.3 Å². The fraction of sp³-hybridized carbons (Fsp3) is 0.684. The Hall–Kier alpha value is -2.22. The predicted molar refractivity (Wildman–Crippen MR) is 102 cm³/mol. The molecule has 8 nitrogen and oxygen atoms in total. The maximum absolute atomic E-state index is 13.0. The molecule has 2 amide bonds. The standard InChI is InChI=1S/C19H29N5O3/c1-14-15(12-20-18(21-14)22(2)3)16(25)24-9-7-19(13-24)6-5-8-23(17(19)26)10-11-27-4/h12H,5-11,13H2,1-4H3/t19-/m1/s1. The smallest absolute Gasteiger partial charge is 0.257 e. The maximum atomic E-state index is 13.0. The van der Waals surface area contributed by atoms with Crippen LogP contribution in [0.2, 0.25) is 0 Å². The lowest BCUT2D eigenvalue weighted by molar-refractivity contribution is -0.146. The van der Waals surface area contributed by atoms with Crippen LogP contribution in [0.4, 0.5) is 5.95 Å². The maximum Gasteiger partial charge on any atom is 0.257 e. The molecule has 3 heterocycles. The molecule has 2 fully saturated rings. The number of likely N-dealkylation sites (tertiary alicyclic amines) is 2. The Bertz CT molecular complexity index is 723. The van der Waals surface area contributed by atoms with Crippen LogP contribution in [-0.4, -0.2) is 85.6 Å². The summed E-state index contributed by atoms with van der Waals surface area (Å²) in [6, 6.07) is 0. The minimum absolute atomic E-state index is 0.0866. The number of methoxy groups -OCH3 is 1. The normalized spacial score (nSPS) is 22.6. The Morgan fingerprint density at radius 2 is 2.11 bits per heavy atom. The van der Waals surface area contributed by atoms with Gasteiger partial charge in [0.2, 0.25) is 11.9 Å². The molecule has 0 saturated carbocycles. The number of carbonyl (C=O) groups is 2. The number of hydrogen-bond acceptors (Lipinski definition) is 6. The van der Waals surface area contributed by atoms with Crippen LogP contribution in [0, 0.1) is 12.3 Å². The number of anilines is 1. The lowest BCUT2D eigenvalue weighted by Gasteiger charge is -2.39. The first kappa shape index (κ1) is 19.5. The number of carbonyl (C=O) groups excluding carboxylic acids is 2. The number of nitrogens with zero attached hydrogens (tertiary/aromatic N) is 5. The zero-order valence-electron chi connectivity index (χ0n) is 16.7. The van der Waals surface area contributed by atoms with Crippen molar-refractivity contribution in [3.8, 4) is 0 Å². The van der Waals surface area contributed by atoms with Crippen molar-refractivity contribution in [1.82, 2.24) is 19.8 Å². The highest BCUT2D eigenvalue weighted by Crippen LogP contribution is 2.40. The van der Waals surface area contributed by atoms with Crippen molar-refractivity contribution >= 4 is 17.8 Å². The second kappa shape index (κ2) is 7.80. The van der Waals surface area contributed by atoms with Gasteiger partial charge in [0.1, 0.15) is 0 Å². The summed E-state index contributed by atoms with van der Waals surface area (Å²) in [5, 5.41) is 0. The van der Waals surface area contributed by atoms with Gasteiger partial charge in [0.05, 0.1) is 23.3 Å². The molecule has 2 saturated heterocycles. The molecule has 0 unspecified atom stereocenters. The summed E-state index contributed by atoms with van der Waals surface area (Å²) in [4.78, 5) is 40.2. The number of rotatable bonds is 5. The van der Waals surface area contributed by atoms with Crippen LogP contribution in [0.5, 0.6) is 0 Å². The van der Waals surface area contributed by atoms with Gasteiger partial charge >= 0.3 is 0 Å². The molecule has 2 aliphatic heterocycles. The van der Waals surface area contributed by atoms with Crippen LogP contribution in [0.3, 0.4) is 0 Å². The highest BCUT2D eigenvalue weighted by molar-refractivity contribution is 5.96. The predicted octanol–water partition coefficient (Wildman–Crippen LogP) is 0.952. The molecular weight excluding hydrogens is 346 g/mol. The van der Waals surface area contributed by atoms with Gasteiger partial charge in [0, 0.05) is 53.6 Å². The molecule has 27 heavy (non-hydrogen) atoms. The van der Waals surface area contributed by atoms with Gasteiger partial charge < -0.3 is 19.4 Å². The SMILES string of the molecule is COCCN1CCC[C@]2(CCN(C(=O)c3cnc(N(C)C)nc3C)C2)C1=O. The Morgan fingerprint density at radius 1 is 1.33 bits per heavy atom. The number of hydrogen-bond donors (Lipinski definition) is 0. The first-order valence-electron chi connectivity index (χ1n) is 9.46. The van der Waals surface area contributed by atoms with Crippen LogP contribution in [-0.2, 0) is 9.53 Å². The van der Waals surface area contributed by atoms with Crippen molar-refractivity contribution in [1.29, 1.82) is 0 Å². The van der Waals surface area contributed by atoms with Crippen molar-refractivity contribution in [3.63, 3.8) is 0 Å². The van der Waals surface area contributed by atoms with Crippen molar-refractivity contribution in [2.24, 2.45) is 5.41 Å². The third-order valence-electron chi connectivity index (χ3n) is 5.63. The second-order valence-corrected chi connectivity index (χ2v) is 7.71. The highest BCUT2D eigenvalue weighted by Gasteiger charge is 2.49. The molecule has 1 aromatic heterocycles. The summed E-state index contributed by atoms with van der Waals surface area (Å²) in [6.45, 7) is 4.83. The summed E-state index contributed by atoms with van der Waals surface area (Å²) in [5.41, 5.74) is 0.730. The lowest BCUT2D eigenvalue weighted by Crippen LogP contribution is -2.51. The van der Waals surface area contributed by atoms with E-state index in [-0.39, 0.29) is 11.8 Å². The minimum Gasteiger partial charge on any atom is -0.383 e. The summed E-state index contributed by atoms with van der Waals surface area (Å²) in [6.07, 6.45) is 4.13. The zero-order valence-corrected chi connectivity index (χ0v) is 16.7. The third kappa shape index (κ3) is 3.76. The van der Waals surface area contributed by atoms with E-state index in [0.717, 1.165) is 25.8 Å². The van der Waals surface area contributed by atoms with Crippen molar-refractivity contribution in [2.45, 2.75) is 26.2 Å². The fourth-order valence-corrected chi connectivity index (χ4v) is 4.04. The van der Waals surface area contributed by atoms with E-state index in [2.05, 4.69) is 9.97 Å². The van der Waals surface area contributed by atoms with Gasteiger partial charge in [-0.25, -0.2) is 9.97 Å². The van der Waals surface area contributed by atoms with E-state index in [1.807, 2.05) is 25.9 Å². The molecule has 1 spiro atoms. The molecule has 0 aromatic carbocycles. The molecule has 0 bridgehead atoms. The lowest BCUT2D eigenvalue weighted by atomic mass is 9.78. The Balaban J connectivity index is 1.73. The molecule has 1 aromatic rings. The number of ether oxygens (including phenoxy) is 1. The molecule has 148 valence electrons. The first-order valence-corrected chi connectivity index (χ1v) is 9.46. The van der Waals surface area contributed by atoms with E-state index < -0.39 is 5.41 Å². The molecule has 8 heteroatoms. The zero-order chi connectivity index (χ0) is 19.6. The van der Waals surface area contributed by atoms with Crippen LogP contribution in [0.25, 0.3) is 0 Å². The van der Waals surface area contributed by atoms with Crippen molar-refractivity contribution in [3.05, 3.63) is 17.5 Å². The molecule has 1 atom stereocenters. The Kier molecular flexibility index (Phi) is 5.64. The van der Waals surface area contributed by atoms with Gasteiger partial charge in [-0.05, 0) is 26.2 Å². The Morgan fingerprint density at radius 3 is 2.78 bits per heavy atom. The van der Waals surface area contributed by atoms with Gasteiger partial charge in [0.15, 0.2) is 0 Å². The molecule has 2 aliphatic rings. The van der Waals surface area contributed by atoms with Gasteiger partial charge in [-0.3, -0.25) is 9.59 Å². The third-order valence-corrected chi connectivity index (χ3v) is 5.63. The van der Waals surface area contributed by atoms with E-state index in [1.165, 1.54) is 0 Å². The van der Waals surface area contributed by atoms with E-state index >= 15 is 0 Å². The molecule has 0 aliphatic carbocycles. The van der Waals surface area contributed by atoms with Crippen molar-refractivity contribution < 1.29 is 14.3 Å². The van der Waals surface area contributed by atoms with E-state index in [9.17, 15) is 9.59 Å². The van der Waals surface area contributed by atoms with Crippen LogP contribution in [0.15, 0.2) is 6.20 Å². The minimum atomic E-state index is -0.444. The fourth-order valence-electron chi connectivity index (χ4n) is 4.04. The summed E-state index contributed by atoms with van der Waals surface area (Å²) < 4.78 is 5.12. The first-order chi connectivity index (χ1) is 12.9. The number of piperidine rings is 1. The molecule has 3 rings (SSSR count). The topological polar surface area (TPSA) is 78.9 Å². The quantitative estimate of drug-likeness (QED) is 0.763. The molecule has 0 N–H and O–H groups in total. The summed E-state index contributed by atoms with van der Waals surface area (Å²) in [5.74, 6) is 0.659. The second-order valence-electron chi connectivity index (χ2n) is 7.71. The van der Waals surface area contributed by atoms with Crippen LogP contribution >= 0.6 is 0 Å². The summed E-state index contributed by atoms with van der Waals surface area (Å²) >= 11 is 0. The number of amides is 2. The van der Waals surface area contributed by atoms with Gasteiger partial charge in [0.25, 0.3) is 5.91 Å². The summed E-state index contributed by atoms with van der Waals surface area (Å²) in [7, 11) is 5.38. The largest absolute Gasteiger partial charge is 0.383 e. The number of aryl methyl sites for hydroxylation is 1. The Labute approximate surface area is 160 Å². The van der Waals surface area contributed by atoms with Gasteiger partial charge in [-0.2, -0.15) is 0 Å². The molecule has 0 radical (unpaired) electrons. The highest BCUT2D eigenvalue weighted by atomic mass is 16.5. The van der Waals surface area contributed by atoms with Crippen LogP contribution < -0.4 is 4.90 Å². The van der Waals surface area contributed by atoms with Gasteiger partial charge in [-0.1, -0.05) is 0 Å². The van der Waals surface area contributed by atoms with E-state index in [1.54, 1.807) is 23.1 Å². The van der Waals surface area contributed by atoms with E-state index in [4.69, 9.17) is 4.74 Å². The average Bonchev–Trinajstić information content (AvgIpc) is 3.07. The van der Waals surface area contributed by atoms with Gasteiger partial charge in [-0.15, -0.1) is 0 Å². The average molecular weight is 375 g/mol. The molecular formula is C19H29N5O3. The van der Waals surface area contributed by atoms with E-state index in [0.29, 0.717) is 43.4 Å². The number of aromatic nitrogens is 2. The monoisotopic (exact) mass is 375 g/mol. The van der Waals surface area contributed by atoms with Crippen molar-refractivity contribution in [2.75, 3.05) is 58.9 Å².